The molecule has 1 aromatic carbocycles. The summed E-state index contributed by atoms with van der Waals surface area (Å²) in [6, 6.07) is 5.61. The molecule has 1 heterocycles. The number of nitrogens with zero attached hydrogens (tertiary/aromatic N) is 2. The summed E-state index contributed by atoms with van der Waals surface area (Å²) < 4.78 is 18.3. The molecular formula is C18H23FN2O3. The van der Waals surface area contributed by atoms with Crippen LogP contribution in [0.5, 0.6) is 5.75 Å². The molecule has 1 saturated heterocycles. The quantitative estimate of drug-likeness (QED) is 0.847. The van der Waals surface area contributed by atoms with E-state index in [0.29, 0.717) is 25.4 Å². The van der Waals surface area contributed by atoms with Crippen LogP contribution in [0.3, 0.4) is 0 Å². The molecule has 0 spiro atoms. The van der Waals surface area contributed by atoms with Crippen molar-refractivity contribution in [2.45, 2.75) is 25.7 Å². The van der Waals surface area contributed by atoms with Gasteiger partial charge in [0, 0.05) is 32.1 Å². The summed E-state index contributed by atoms with van der Waals surface area (Å²) >= 11 is 0. The van der Waals surface area contributed by atoms with Crippen LogP contribution in [-0.2, 0) is 9.59 Å². The van der Waals surface area contributed by atoms with Crippen LogP contribution < -0.4 is 4.74 Å². The van der Waals surface area contributed by atoms with Gasteiger partial charge in [0.05, 0.1) is 0 Å². The molecule has 5 nitrogen and oxygen atoms in total. The van der Waals surface area contributed by atoms with E-state index in [0.717, 1.165) is 32.2 Å². The van der Waals surface area contributed by atoms with Crippen molar-refractivity contribution in [1.29, 1.82) is 0 Å². The average molecular weight is 334 g/mol. The number of ether oxygens (including phenoxy) is 1. The van der Waals surface area contributed by atoms with Gasteiger partial charge in [-0.3, -0.25) is 9.59 Å². The van der Waals surface area contributed by atoms with Gasteiger partial charge in [-0.2, -0.15) is 0 Å². The van der Waals surface area contributed by atoms with E-state index < -0.39 is 0 Å². The number of halogens is 1. The molecule has 1 aromatic rings. The Balaban J connectivity index is 1.47. The number of hydrogen-bond donors (Lipinski definition) is 0. The fourth-order valence-corrected chi connectivity index (χ4v) is 3.07. The third-order valence-electron chi connectivity index (χ3n) is 4.79. The smallest absolute Gasteiger partial charge is 0.260 e. The van der Waals surface area contributed by atoms with Crippen molar-refractivity contribution in [2.24, 2.45) is 5.92 Å². The zero-order chi connectivity index (χ0) is 16.9. The lowest BCUT2D eigenvalue weighted by Crippen LogP contribution is -2.42. The van der Waals surface area contributed by atoms with E-state index in [1.165, 1.54) is 24.3 Å². The summed E-state index contributed by atoms with van der Waals surface area (Å²) in [5.41, 5.74) is 0. The maximum absolute atomic E-state index is 12.8. The minimum atomic E-state index is -0.336. The molecule has 130 valence electrons. The van der Waals surface area contributed by atoms with Crippen molar-refractivity contribution in [2.75, 3.05) is 32.8 Å². The van der Waals surface area contributed by atoms with Crippen molar-refractivity contribution < 1.29 is 18.7 Å². The van der Waals surface area contributed by atoms with E-state index in [9.17, 15) is 14.0 Å². The lowest BCUT2D eigenvalue weighted by atomic mass is 9.84. The Labute approximate surface area is 141 Å². The Morgan fingerprint density at radius 3 is 2.33 bits per heavy atom. The lowest BCUT2D eigenvalue weighted by molar-refractivity contribution is -0.139. The first-order valence-electron chi connectivity index (χ1n) is 8.58. The van der Waals surface area contributed by atoms with Gasteiger partial charge in [0.15, 0.2) is 6.61 Å². The third-order valence-corrected chi connectivity index (χ3v) is 4.79. The molecule has 2 amide bonds. The molecule has 2 fully saturated rings. The van der Waals surface area contributed by atoms with E-state index in [4.69, 9.17) is 4.74 Å². The summed E-state index contributed by atoms with van der Waals surface area (Å²) in [7, 11) is 0. The predicted molar refractivity (Wildman–Crippen MR) is 87.0 cm³/mol. The van der Waals surface area contributed by atoms with Crippen LogP contribution in [0.2, 0.25) is 0 Å². The van der Waals surface area contributed by atoms with Gasteiger partial charge in [0.25, 0.3) is 5.91 Å². The van der Waals surface area contributed by atoms with Gasteiger partial charge in [-0.1, -0.05) is 6.42 Å². The molecule has 0 aromatic heterocycles. The van der Waals surface area contributed by atoms with Crippen LogP contribution >= 0.6 is 0 Å². The van der Waals surface area contributed by atoms with Gasteiger partial charge >= 0.3 is 0 Å². The Morgan fingerprint density at radius 1 is 1.00 bits per heavy atom. The second-order valence-corrected chi connectivity index (χ2v) is 6.43. The highest BCUT2D eigenvalue weighted by molar-refractivity contribution is 5.80. The number of carbonyl (C=O) groups is 2. The van der Waals surface area contributed by atoms with Crippen LogP contribution in [-0.4, -0.2) is 54.4 Å². The highest BCUT2D eigenvalue weighted by Gasteiger charge is 2.30. The summed E-state index contributed by atoms with van der Waals surface area (Å²) in [5.74, 6) is 0.489. The number of benzene rings is 1. The van der Waals surface area contributed by atoms with Crippen molar-refractivity contribution >= 4 is 11.8 Å². The van der Waals surface area contributed by atoms with Crippen molar-refractivity contribution in [1.82, 2.24) is 9.80 Å². The average Bonchev–Trinajstić information content (AvgIpc) is 2.78. The summed E-state index contributed by atoms with van der Waals surface area (Å²) in [6.45, 7) is 2.43. The highest BCUT2D eigenvalue weighted by atomic mass is 19.1. The number of rotatable bonds is 4. The standard InChI is InChI=1S/C18H23FN2O3/c19-15-5-7-16(8-6-15)24-13-17(22)20-9-2-10-21(12-11-20)18(23)14-3-1-4-14/h5-8,14H,1-4,9-13H2. The molecule has 1 aliphatic heterocycles. The summed E-state index contributed by atoms with van der Waals surface area (Å²) in [6.07, 6.45) is 3.95. The van der Waals surface area contributed by atoms with Crippen LogP contribution in [0.15, 0.2) is 24.3 Å². The van der Waals surface area contributed by atoms with Crippen molar-refractivity contribution in [3.63, 3.8) is 0 Å². The molecule has 3 rings (SSSR count). The maximum atomic E-state index is 12.8. The minimum Gasteiger partial charge on any atom is -0.484 e. The second-order valence-electron chi connectivity index (χ2n) is 6.43. The van der Waals surface area contributed by atoms with Crippen LogP contribution in [0.25, 0.3) is 0 Å². The predicted octanol–water partition coefficient (Wildman–Crippen LogP) is 2.07. The Hall–Kier alpha value is -2.11. The first-order valence-corrected chi connectivity index (χ1v) is 8.58. The van der Waals surface area contributed by atoms with E-state index in [1.807, 2.05) is 4.90 Å². The first-order chi connectivity index (χ1) is 11.6. The second kappa shape index (κ2) is 7.64. The number of amides is 2. The van der Waals surface area contributed by atoms with E-state index in [1.54, 1.807) is 4.90 Å². The van der Waals surface area contributed by atoms with Gasteiger partial charge < -0.3 is 14.5 Å². The van der Waals surface area contributed by atoms with Gasteiger partial charge in [0.2, 0.25) is 5.91 Å². The fourth-order valence-electron chi connectivity index (χ4n) is 3.07. The van der Waals surface area contributed by atoms with Crippen LogP contribution in [0.1, 0.15) is 25.7 Å². The number of hydrogen-bond acceptors (Lipinski definition) is 3. The van der Waals surface area contributed by atoms with Crippen molar-refractivity contribution in [3.05, 3.63) is 30.1 Å². The summed E-state index contributed by atoms with van der Waals surface area (Å²) in [5, 5.41) is 0. The minimum absolute atomic E-state index is 0.0673. The molecule has 1 aliphatic carbocycles. The van der Waals surface area contributed by atoms with Gasteiger partial charge in [0.1, 0.15) is 11.6 Å². The Bertz CT molecular complexity index is 586. The molecule has 0 bridgehead atoms. The fraction of sp³-hybridized carbons (Fsp3) is 0.556. The summed E-state index contributed by atoms with van der Waals surface area (Å²) in [4.78, 5) is 28.3. The van der Waals surface area contributed by atoms with Crippen molar-refractivity contribution in [3.8, 4) is 5.75 Å². The zero-order valence-corrected chi connectivity index (χ0v) is 13.7. The molecule has 0 radical (unpaired) electrons. The van der Waals surface area contributed by atoms with Crippen LogP contribution in [0.4, 0.5) is 4.39 Å². The molecule has 2 aliphatic rings. The molecule has 0 unspecified atom stereocenters. The normalized spacial score (nSPS) is 18.7. The molecule has 1 saturated carbocycles. The molecule has 6 heteroatoms. The third kappa shape index (κ3) is 4.04. The monoisotopic (exact) mass is 334 g/mol. The molecule has 0 atom stereocenters. The van der Waals surface area contributed by atoms with E-state index in [-0.39, 0.29) is 30.2 Å². The Morgan fingerprint density at radius 2 is 1.67 bits per heavy atom. The van der Waals surface area contributed by atoms with E-state index in [2.05, 4.69) is 0 Å². The van der Waals surface area contributed by atoms with Crippen LogP contribution in [0, 0.1) is 11.7 Å². The maximum Gasteiger partial charge on any atom is 0.260 e. The molecular weight excluding hydrogens is 311 g/mol. The topological polar surface area (TPSA) is 49.9 Å². The van der Waals surface area contributed by atoms with Gasteiger partial charge in [-0.15, -0.1) is 0 Å². The van der Waals surface area contributed by atoms with Gasteiger partial charge in [-0.05, 0) is 43.5 Å². The number of carbonyl (C=O) groups excluding carboxylic acids is 2. The first kappa shape index (κ1) is 16.7. The molecule has 24 heavy (non-hydrogen) atoms. The SMILES string of the molecule is O=C(COc1ccc(F)cc1)N1CCCN(C(=O)C2CCC2)CC1. The lowest BCUT2D eigenvalue weighted by Gasteiger charge is -2.31. The largest absolute Gasteiger partial charge is 0.484 e. The zero-order valence-electron chi connectivity index (χ0n) is 13.7. The van der Waals surface area contributed by atoms with Gasteiger partial charge in [-0.25, -0.2) is 4.39 Å². The Kier molecular flexibility index (Phi) is 5.33. The highest BCUT2D eigenvalue weighted by Crippen LogP contribution is 2.28. The van der Waals surface area contributed by atoms with E-state index >= 15 is 0 Å². The molecule has 0 N–H and O–H groups in total.